The molecule has 0 spiro atoms. The van der Waals surface area contributed by atoms with Gasteiger partial charge in [-0.25, -0.2) is 4.98 Å². The summed E-state index contributed by atoms with van der Waals surface area (Å²) in [4.78, 5) is 21.2. The monoisotopic (exact) mass is 483 g/mol. The van der Waals surface area contributed by atoms with Gasteiger partial charge in [-0.2, -0.15) is 9.97 Å². The summed E-state index contributed by atoms with van der Waals surface area (Å²) in [5, 5.41) is 3.68. The van der Waals surface area contributed by atoms with Crippen LogP contribution in [0.2, 0.25) is 0 Å². The first-order chi connectivity index (χ1) is 17.2. The van der Waals surface area contributed by atoms with Crippen LogP contribution in [0.4, 0.5) is 17.5 Å². The molecular weight excluding hydrogens is 446 g/mol. The van der Waals surface area contributed by atoms with Gasteiger partial charge in [0.1, 0.15) is 5.52 Å². The lowest BCUT2D eigenvalue weighted by Gasteiger charge is -2.32. The van der Waals surface area contributed by atoms with Crippen LogP contribution in [0.15, 0.2) is 49.1 Å². The molecule has 1 saturated heterocycles. The second kappa shape index (κ2) is 9.52. The first-order valence-electron chi connectivity index (χ1n) is 13.0. The molecule has 4 heterocycles. The number of nitrogens with zero attached hydrogens (tertiary/aromatic N) is 6. The van der Waals surface area contributed by atoms with Crippen LogP contribution in [0.3, 0.4) is 0 Å². The van der Waals surface area contributed by atoms with Crippen molar-refractivity contribution in [2.45, 2.75) is 71.8 Å². The molecule has 0 amide bonds. The summed E-state index contributed by atoms with van der Waals surface area (Å²) in [5.74, 6) is 2.11. The van der Waals surface area contributed by atoms with Crippen molar-refractivity contribution in [3.8, 4) is 0 Å². The summed E-state index contributed by atoms with van der Waals surface area (Å²) in [6, 6.07) is 11.2. The standard InChI is InChI=1S/C29H37N7/c1-19(2)36-18-31-26-25(36)27(32-24-17-23(29(4,5)6)8-7-20(24)3)34-28(33-26)35-15-11-22(12-16-35)21-9-13-30-14-10-21/h7-10,13-14,17-19,22H,11-12,15-16H2,1-6H3,(H,32,33,34). The third kappa shape index (κ3) is 4.79. The number of nitrogens with one attached hydrogen (secondary N) is 1. The van der Waals surface area contributed by atoms with Crippen LogP contribution < -0.4 is 10.2 Å². The molecule has 1 aliphatic heterocycles. The summed E-state index contributed by atoms with van der Waals surface area (Å²) in [7, 11) is 0. The predicted molar refractivity (Wildman–Crippen MR) is 147 cm³/mol. The van der Waals surface area contributed by atoms with Gasteiger partial charge >= 0.3 is 0 Å². The fourth-order valence-corrected chi connectivity index (χ4v) is 4.95. The molecule has 7 heteroatoms. The highest BCUT2D eigenvalue weighted by Gasteiger charge is 2.25. The third-order valence-corrected chi connectivity index (χ3v) is 7.28. The molecular formula is C29H37N7. The first kappa shape index (κ1) is 24.2. The zero-order valence-corrected chi connectivity index (χ0v) is 22.3. The summed E-state index contributed by atoms with van der Waals surface area (Å²) in [5.41, 5.74) is 6.66. The average molecular weight is 484 g/mol. The Morgan fingerprint density at radius 2 is 1.72 bits per heavy atom. The molecule has 0 bridgehead atoms. The van der Waals surface area contributed by atoms with Crippen molar-refractivity contribution < 1.29 is 0 Å². The van der Waals surface area contributed by atoms with Crippen molar-refractivity contribution in [2.24, 2.45) is 0 Å². The maximum absolute atomic E-state index is 5.10. The summed E-state index contributed by atoms with van der Waals surface area (Å²) in [6.07, 6.45) is 7.80. The van der Waals surface area contributed by atoms with E-state index in [-0.39, 0.29) is 11.5 Å². The Hall–Kier alpha value is -3.48. The van der Waals surface area contributed by atoms with Crippen LogP contribution in [0.1, 0.15) is 76.1 Å². The molecule has 1 fully saturated rings. The number of rotatable bonds is 5. The number of aryl methyl sites for hydroxylation is 1. The minimum Gasteiger partial charge on any atom is -0.341 e. The fourth-order valence-electron chi connectivity index (χ4n) is 4.95. The fraction of sp³-hybridized carbons (Fsp3) is 0.448. The SMILES string of the molecule is Cc1ccc(C(C)(C)C)cc1Nc1nc(N2CCC(c3ccncc3)CC2)nc2ncn(C(C)C)c12. The second-order valence-electron chi connectivity index (χ2n) is 11.2. The zero-order chi connectivity index (χ0) is 25.4. The van der Waals surface area contributed by atoms with E-state index in [4.69, 9.17) is 9.97 Å². The lowest BCUT2D eigenvalue weighted by molar-refractivity contribution is 0.499. The molecule has 7 nitrogen and oxygen atoms in total. The van der Waals surface area contributed by atoms with Gasteiger partial charge in [-0.05, 0) is 79.8 Å². The molecule has 4 aromatic rings. The van der Waals surface area contributed by atoms with E-state index in [9.17, 15) is 0 Å². The quantitative estimate of drug-likeness (QED) is 0.348. The van der Waals surface area contributed by atoms with Crippen LogP contribution in [0.25, 0.3) is 11.2 Å². The lowest BCUT2D eigenvalue weighted by Crippen LogP contribution is -2.34. The van der Waals surface area contributed by atoms with E-state index in [2.05, 4.69) is 96.6 Å². The molecule has 0 radical (unpaired) electrons. The molecule has 36 heavy (non-hydrogen) atoms. The van der Waals surface area contributed by atoms with Crippen LogP contribution >= 0.6 is 0 Å². The molecule has 0 unspecified atom stereocenters. The molecule has 0 atom stereocenters. The van der Waals surface area contributed by atoms with Crippen LogP contribution in [-0.4, -0.2) is 37.6 Å². The highest BCUT2D eigenvalue weighted by Crippen LogP contribution is 2.34. The van der Waals surface area contributed by atoms with Gasteiger partial charge < -0.3 is 14.8 Å². The smallest absolute Gasteiger partial charge is 0.229 e. The van der Waals surface area contributed by atoms with Crippen LogP contribution in [0, 0.1) is 6.92 Å². The van der Waals surface area contributed by atoms with E-state index >= 15 is 0 Å². The number of benzene rings is 1. The Labute approximate surface area is 214 Å². The molecule has 0 saturated carbocycles. The Bertz CT molecular complexity index is 1340. The lowest BCUT2D eigenvalue weighted by atomic mass is 9.86. The molecule has 1 aromatic carbocycles. The molecule has 1 aliphatic rings. The normalized spacial score (nSPS) is 15.1. The number of piperidine rings is 1. The molecule has 0 aliphatic carbocycles. The molecule has 1 N–H and O–H groups in total. The Morgan fingerprint density at radius 3 is 2.39 bits per heavy atom. The second-order valence-corrected chi connectivity index (χ2v) is 11.2. The van der Waals surface area contributed by atoms with Gasteiger partial charge in [0.05, 0.1) is 6.33 Å². The van der Waals surface area contributed by atoms with Gasteiger partial charge in [0, 0.05) is 37.2 Å². The first-order valence-corrected chi connectivity index (χ1v) is 13.0. The number of hydrogen-bond donors (Lipinski definition) is 1. The largest absolute Gasteiger partial charge is 0.341 e. The summed E-state index contributed by atoms with van der Waals surface area (Å²) < 4.78 is 2.15. The highest BCUT2D eigenvalue weighted by molar-refractivity contribution is 5.87. The molecule has 5 rings (SSSR count). The third-order valence-electron chi connectivity index (χ3n) is 7.28. The summed E-state index contributed by atoms with van der Waals surface area (Å²) in [6.45, 7) is 15.0. The zero-order valence-electron chi connectivity index (χ0n) is 22.3. The molecule has 188 valence electrons. The van der Waals surface area contributed by atoms with Gasteiger partial charge in [-0.3, -0.25) is 4.98 Å². The van der Waals surface area contributed by atoms with Gasteiger partial charge in [0.2, 0.25) is 5.95 Å². The van der Waals surface area contributed by atoms with E-state index < -0.39 is 0 Å². The van der Waals surface area contributed by atoms with E-state index in [1.54, 1.807) is 0 Å². The number of aromatic nitrogens is 5. The highest BCUT2D eigenvalue weighted by atomic mass is 15.3. The average Bonchev–Trinajstić information content (AvgIpc) is 3.30. The van der Waals surface area contributed by atoms with Gasteiger partial charge in [0.25, 0.3) is 0 Å². The van der Waals surface area contributed by atoms with Gasteiger partial charge in [-0.1, -0.05) is 32.9 Å². The maximum atomic E-state index is 5.10. The minimum absolute atomic E-state index is 0.0646. The number of imidazole rings is 1. The Balaban J connectivity index is 1.50. The van der Waals surface area contributed by atoms with Crippen LogP contribution in [-0.2, 0) is 5.41 Å². The number of hydrogen-bond acceptors (Lipinski definition) is 6. The van der Waals surface area contributed by atoms with Gasteiger partial charge in [-0.15, -0.1) is 0 Å². The van der Waals surface area contributed by atoms with E-state index in [0.717, 1.165) is 54.5 Å². The van der Waals surface area contributed by atoms with Crippen molar-refractivity contribution in [1.29, 1.82) is 0 Å². The number of anilines is 3. The minimum atomic E-state index is 0.0646. The van der Waals surface area contributed by atoms with Crippen molar-refractivity contribution in [1.82, 2.24) is 24.5 Å². The van der Waals surface area contributed by atoms with Gasteiger partial charge in [0.15, 0.2) is 11.5 Å². The van der Waals surface area contributed by atoms with E-state index in [0.29, 0.717) is 5.92 Å². The number of pyridine rings is 1. The Kier molecular flexibility index (Phi) is 6.41. The van der Waals surface area contributed by atoms with Crippen LogP contribution in [0.5, 0.6) is 0 Å². The predicted octanol–water partition coefficient (Wildman–Crippen LogP) is 6.54. The van der Waals surface area contributed by atoms with E-state index in [1.165, 1.54) is 16.7 Å². The molecule has 3 aromatic heterocycles. The van der Waals surface area contributed by atoms with E-state index in [1.807, 2.05) is 18.7 Å². The number of fused-ring (bicyclic) bond motifs is 1. The van der Waals surface area contributed by atoms with Crippen molar-refractivity contribution >= 4 is 28.6 Å². The maximum Gasteiger partial charge on any atom is 0.229 e. The van der Waals surface area contributed by atoms with Crippen molar-refractivity contribution in [3.05, 3.63) is 65.7 Å². The summed E-state index contributed by atoms with van der Waals surface area (Å²) >= 11 is 0. The van der Waals surface area contributed by atoms with Crippen molar-refractivity contribution in [3.63, 3.8) is 0 Å². The Morgan fingerprint density at radius 1 is 1.00 bits per heavy atom. The topological polar surface area (TPSA) is 71.8 Å². The van der Waals surface area contributed by atoms with Crippen molar-refractivity contribution in [2.75, 3.05) is 23.3 Å².